The summed E-state index contributed by atoms with van der Waals surface area (Å²) in [4.78, 5) is 24.4. The number of halogens is 1. The molecule has 0 fully saturated rings. The normalized spacial score (nSPS) is 10.4. The van der Waals surface area contributed by atoms with Gasteiger partial charge in [0.1, 0.15) is 17.3 Å². The highest BCUT2D eigenvalue weighted by Crippen LogP contribution is 2.27. The quantitative estimate of drug-likeness (QED) is 0.643. The van der Waals surface area contributed by atoms with Crippen molar-refractivity contribution in [3.05, 3.63) is 66.1 Å². The highest BCUT2D eigenvalue weighted by atomic mass is 19.1. The predicted molar refractivity (Wildman–Crippen MR) is 107 cm³/mol. The van der Waals surface area contributed by atoms with Gasteiger partial charge in [-0.15, -0.1) is 0 Å². The zero-order chi connectivity index (χ0) is 20.8. The summed E-state index contributed by atoms with van der Waals surface area (Å²) in [6, 6.07) is 12.9. The van der Waals surface area contributed by atoms with Crippen LogP contribution in [0.3, 0.4) is 0 Å². The summed E-state index contributed by atoms with van der Waals surface area (Å²) in [5, 5.41) is 9.74. The summed E-state index contributed by atoms with van der Waals surface area (Å²) in [6.07, 6.45) is 1.55. The minimum absolute atomic E-state index is 0.147. The standard InChI is InChI=1S/C21H21FN4O3/c1-3-23-19(27)12-24-21(28)18-13-26(16-9-7-15(22)8-10-16)25-20(18)14-5-4-6-17(11-14)29-2/h4-11,13H,3,12H2,1-2H3,(H,23,27)(H,24,28). The highest BCUT2D eigenvalue weighted by molar-refractivity contribution is 6.01. The number of carbonyl (C=O) groups is 2. The smallest absolute Gasteiger partial charge is 0.255 e. The Hall–Kier alpha value is -3.68. The van der Waals surface area contributed by atoms with E-state index in [9.17, 15) is 14.0 Å². The van der Waals surface area contributed by atoms with Crippen LogP contribution in [0.5, 0.6) is 5.75 Å². The molecule has 0 bridgehead atoms. The van der Waals surface area contributed by atoms with Gasteiger partial charge in [0.05, 0.1) is 24.9 Å². The van der Waals surface area contributed by atoms with Gasteiger partial charge in [0.2, 0.25) is 5.91 Å². The third kappa shape index (κ3) is 4.78. The first-order valence-corrected chi connectivity index (χ1v) is 9.06. The molecule has 3 aromatic rings. The van der Waals surface area contributed by atoms with Crippen LogP contribution in [0.4, 0.5) is 4.39 Å². The molecular formula is C21H21FN4O3. The van der Waals surface area contributed by atoms with Crippen molar-refractivity contribution in [2.24, 2.45) is 0 Å². The maximum Gasteiger partial charge on any atom is 0.255 e. The predicted octanol–water partition coefficient (Wildman–Crippen LogP) is 2.55. The summed E-state index contributed by atoms with van der Waals surface area (Å²) in [5.74, 6) is -0.474. The molecular weight excluding hydrogens is 375 g/mol. The van der Waals surface area contributed by atoms with Gasteiger partial charge in [0.15, 0.2) is 0 Å². The van der Waals surface area contributed by atoms with Crippen molar-refractivity contribution in [1.29, 1.82) is 0 Å². The summed E-state index contributed by atoms with van der Waals surface area (Å²) >= 11 is 0. The van der Waals surface area contributed by atoms with Crippen LogP contribution in [-0.4, -0.2) is 41.8 Å². The molecule has 0 unspecified atom stereocenters. The first kappa shape index (κ1) is 20.1. The number of hydrogen-bond donors (Lipinski definition) is 2. The topological polar surface area (TPSA) is 85.3 Å². The van der Waals surface area contributed by atoms with E-state index in [0.717, 1.165) is 0 Å². The van der Waals surface area contributed by atoms with Crippen LogP contribution in [0.25, 0.3) is 16.9 Å². The van der Waals surface area contributed by atoms with E-state index >= 15 is 0 Å². The average molecular weight is 396 g/mol. The molecule has 2 amide bonds. The number of carbonyl (C=O) groups excluding carboxylic acids is 2. The zero-order valence-electron chi connectivity index (χ0n) is 16.1. The van der Waals surface area contributed by atoms with Crippen molar-refractivity contribution in [1.82, 2.24) is 20.4 Å². The molecule has 0 saturated heterocycles. The molecule has 150 valence electrons. The van der Waals surface area contributed by atoms with Crippen LogP contribution in [0, 0.1) is 5.82 Å². The van der Waals surface area contributed by atoms with E-state index < -0.39 is 5.91 Å². The van der Waals surface area contributed by atoms with Crippen LogP contribution in [0.2, 0.25) is 0 Å². The van der Waals surface area contributed by atoms with Crippen molar-refractivity contribution in [3.8, 4) is 22.7 Å². The van der Waals surface area contributed by atoms with Gasteiger partial charge in [-0.05, 0) is 43.3 Å². The van der Waals surface area contributed by atoms with Gasteiger partial charge in [-0.3, -0.25) is 9.59 Å². The summed E-state index contributed by atoms with van der Waals surface area (Å²) in [7, 11) is 1.55. The third-order valence-corrected chi connectivity index (χ3v) is 4.18. The average Bonchev–Trinajstić information content (AvgIpc) is 3.18. The molecule has 0 radical (unpaired) electrons. The van der Waals surface area contributed by atoms with Gasteiger partial charge in [-0.1, -0.05) is 12.1 Å². The molecule has 0 spiro atoms. The van der Waals surface area contributed by atoms with E-state index in [2.05, 4.69) is 15.7 Å². The number of nitrogens with zero attached hydrogens (tertiary/aromatic N) is 2. The van der Waals surface area contributed by atoms with Crippen LogP contribution in [-0.2, 0) is 4.79 Å². The van der Waals surface area contributed by atoms with E-state index in [1.165, 1.54) is 16.8 Å². The highest BCUT2D eigenvalue weighted by Gasteiger charge is 2.19. The second kappa shape index (κ2) is 9.01. The Kier molecular flexibility index (Phi) is 6.23. The first-order chi connectivity index (χ1) is 14.0. The zero-order valence-corrected chi connectivity index (χ0v) is 16.1. The molecule has 0 aliphatic carbocycles. The first-order valence-electron chi connectivity index (χ1n) is 9.06. The van der Waals surface area contributed by atoms with Gasteiger partial charge >= 0.3 is 0 Å². The summed E-state index contributed by atoms with van der Waals surface area (Å²) < 4.78 is 20.0. The Morgan fingerprint density at radius 3 is 2.59 bits per heavy atom. The second-order valence-corrected chi connectivity index (χ2v) is 6.18. The van der Waals surface area contributed by atoms with E-state index in [4.69, 9.17) is 4.74 Å². The Morgan fingerprint density at radius 1 is 1.14 bits per heavy atom. The van der Waals surface area contributed by atoms with Gasteiger partial charge < -0.3 is 15.4 Å². The number of methoxy groups -OCH3 is 1. The van der Waals surface area contributed by atoms with E-state index in [1.807, 2.05) is 0 Å². The number of benzene rings is 2. The van der Waals surface area contributed by atoms with Crippen LogP contribution in [0.15, 0.2) is 54.7 Å². The van der Waals surface area contributed by atoms with Gasteiger partial charge in [-0.25, -0.2) is 9.07 Å². The lowest BCUT2D eigenvalue weighted by atomic mass is 10.1. The van der Waals surface area contributed by atoms with Crippen molar-refractivity contribution in [2.75, 3.05) is 20.2 Å². The fourth-order valence-electron chi connectivity index (χ4n) is 2.77. The van der Waals surface area contributed by atoms with Gasteiger partial charge in [-0.2, -0.15) is 5.10 Å². The number of ether oxygens (including phenoxy) is 1. The lowest BCUT2D eigenvalue weighted by Crippen LogP contribution is -2.36. The van der Waals surface area contributed by atoms with E-state index in [1.54, 1.807) is 56.6 Å². The lowest BCUT2D eigenvalue weighted by molar-refractivity contribution is -0.120. The minimum Gasteiger partial charge on any atom is -0.497 e. The Labute approximate surface area is 167 Å². The number of nitrogens with one attached hydrogen (secondary N) is 2. The Morgan fingerprint density at radius 2 is 1.90 bits per heavy atom. The molecule has 3 rings (SSSR count). The fourth-order valence-corrected chi connectivity index (χ4v) is 2.77. The molecule has 2 N–H and O–H groups in total. The molecule has 1 heterocycles. The molecule has 29 heavy (non-hydrogen) atoms. The molecule has 0 aliphatic heterocycles. The number of amides is 2. The molecule has 7 nitrogen and oxygen atoms in total. The minimum atomic E-state index is -0.442. The molecule has 2 aromatic carbocycles. The Bertz CT molecular complexity index is 1020. The molecule has 0 atom stereocenters. The summed E-state index contributed by atoms with van der Waals surface area (Å²) in [6.45, 7) is 2.13. The van der Waals surface area contributed by atoms with Crippen molar-refractivity contribution in [2.45, 2.75) is 6.92 Å². The monoisotopic (exact) mass is 396 g/mol. The van der Waals surface area contributed by atoms with Crippen molar-refractivity contribution in [3.63, 3.8) is 0 Å². The van der Waals surface area contributed by atoms with Crippen LogP contribution in [0.1, 0.15) is 17.3 Å². The largest absolute Gasteiger partial charge is 0.497 e. The van der Waals surface area contributed by atoms with Crippen molar-refractivity contribution < 1.29 is 18.7 Å². The third-order valence-electron chi connectivity index (χ3n) is 4.18. The summed E-state index contributed by atoms with van der Waals surface area (Å²) in [5.41, 5.74) is 1.97. The molecule has 0 aliphatic rings. The lowest BCUT2D eigenvalue weighted by Gasteiger charge is -2.06. The van der Waals surface area contributed by atoms with Crippen LogP contribution >= 0.6 is 0 Å². The number of rotatable bonds is 7. The Balaban J connectivity index is 1.98. The van der Waals surface area contributed by atoms with Crippen LogP contribution < -0.4 is 15.4 Å². The fraction of sp³-hybridized carbons (Fsp3) is 0.190. The number of aromatic nitrogens is 2. The number of hydrogen-bond acceptors (Lipinski definition) is 4. The van der Waals surface area contributed by atoms with Gasteiger partial charge in [0, 0.05) is 18.3 Å². The number of likely N-dealkylation sites (N-methyl/N-ethyl adjacent to an activating group) is 1. The second-order valence-electron chi connectivity index (χ2n) is 6.18. The molecule has 0 saturated carbocycles. The molecule has 8 heteroatoms. The van der Waals surface area contributed by atoms with Crippen molar-refractivity contribution >= 4 is 11.8 Å². The van der Waals surface area contributed by atoms with Gasteiger partial charge in [0.25, 0.3) is 5.91 Å². The SMILES string of the molecule is CCNC(=O)CNC(=O)c1cn(-c2ccc(F)cc2)nc1-c1cccc(OC)c1. The van der Waals surface area contributed by atoms with E-state index in [0.29, 0.717) is 29.2 Å². The maximum atomic E-state index is 13.3. The molecule has 1 aromatic heterocycles. The maximum absolute atomic E-state index is 13.3. The van der Waals surface area contributed by atoms with E-state index in [-0.39, 0.29) is 23.8 Å².